The molecule has 0 saturated heterocycles. The molecule has 1 aliphatic carbocycles. The number of nitrogens with zero attached hydrogens (tertiary/aromatic N) is 3. The van der Waals surface area contributed by atoms with Gasteiger partial charge in [0, 0.05) is 18.0 Å². The number of pyridine rings is 2. The fourth-order valence-electron chi connectivity index (χ4n) is 3.65. The van der Waals surface area contributed by atoms with Crippen LogP contribution in [0.2, 0.25) is 0 Å². The Labute approximate surface area is 142 Å². The predicted molar refractivity (Wildman–Crippen MR) is 93.9 cm³/mol. The molecular weight excluding hydrogens is 300 g/mol. The molecule has 5 heteroatoms. The first-order valence-corrected chi connectivity index (χ1v) is 8.45. The molecule has 24 heavy (non-hydrogen) atoms. The van der Waals surface area contributed by atoms with Gasteiger partial charge in [0.05, 0.1) is 5.41 Å². The van der Waals surface area contributed by atoms with Crippen LogP contribution in [0.4, 0.5) is 11.6 Å². The predicted octanol–water partition coefficient (Wildman–Crippen LogP) is 3.40. The normalized spacial score (nSPS) is 20.5. The summed E-state index contributed by atoms with van der Waals surface area (Å²) in [5.74, 6) is 1.69. The second-order valence-electron chi connectivity index (χ2n) is 7.37. The zero-order valence-electron chi connectivity index (χ0n) is 14.3. The second-order valence-corrected chi connectivity index (χ2v) is 7.37. The van der Waals surface area contributed by atoms with Crippen molar-refractivity contribution in [3.8, 4) is 0 Å². The maximum atomic E-state index is 13.2. The smallest absolute Gasteiger partial charge is 0.240 e. The Hall–Kier alpha value is -2.43. The zero-order valence-corrected chi connectivity index (χ0v) is 14.3. The number of nitrogens with one attached hydrogen (secondary N) is 1. The van der Waals surface area contributed by atoms with Gasteiger partial charge in [0.1, 0.15) is 17.3 Å². The number of amides is 1. The summed E-state index contributed by atoms with van der Waals surface area (Å²) < 4.78 is 0. The van der Waals surface area contributed by atoms with Crippen molar-refractivity contribution in [3.05, 3.63) is 47.8 Å². The molecule has 124 valence electrons. The molecule has 1 N–H and O–H groups in total. The van der Waals surface area contributed by atoms with Crippen molar-refractivity contribution in [3.63, 3.8) is 0 Å². The van der Waals surface area contributed by atoms with Gasteiger partial charge in [-0.2, -0.15) is 0 Å². The molecule has 0 radical (unpaired) electrons. The van der Waals surface area contributed by atoms with E-state index in [2.05, 4.69) is 15.3 Å². The van der Waals surface area contributed by atoms with Gasteiger partial charge in [-0.1, -0.05) is 12.1 Å². The lowest BCUT2D eigenvalue weighted by Gasteiger charge is -2.49. The fraction of sp³-hybridized carbons (Fsp3) is 0.421. The Balaban J connectivity index is 1.75. The largest absolute Gasteiger partial charge is 0.347 e. The van der Waals surface area contributed by atoms with E-state index < -0.39 is 11.1 Å². The summed E-state index contributed by atoms with van der Waals surface area (Å²) in [5, 5.41) is 3.52. The van der Waals surface area contributed by atoms with E-state index >= 15 is 0 Å². The van der Waals surface area contributed by atoms with Crippen molar-refractivity contribution < 1.29 is 4.79 Å². The number of carbonyl (C=O) groups excluding carboxylic acids is 1. The van der Waals surface area contributed by atoms with Crippen LogP contribution in [0.15, 0.2) is 36.7 Å². The third-order valence-electron chi connectivity index (χ3n) is 5.29. The number of anilines is 2. The number of fused-ring (bicyclic) bond motifs is 1. The molecule has 0 aromatic carbocycles. The van der Waals surface area contributed by atoms with Crippen molar-refractivity contribution in [2.45, 2.75) is 51.1 Å². The van der Waals surface area contributed by atoms with Crippen LogP contribution in [0.25, 0.3) is 0 Å². The van der Waals surface area contributed by atoms with Crippen molar-refractivity contribution in [1.82, 2.24) is 9.97 Å². The van der Waals surface area contributed by atoms with E-state index in [0.29, 0.717) is 0 Å². The van der Waals surface area contributed by atoms with E-state index in [1.54, 1.807) is 6.20 Å². The van der Waals surface area contributed by atoms with Crippen LogP contribution >= 0.6 is 0 Å². The van der Waals surface area contributed by atoms with E-state index in [-0.39, 0.29) is 5.91 Å². The third kappa shape index (κ3) is 2.04. The quantitative estimate of drug-likeness (QED) is 0.941. The van der Waals surface area contributed by atoms with Gasteiger partial charge in [-0.25, -0.2) is 9.97 Å². The molecule has 4 rings (SSSR count). The van der Waals surface area contributed by atoms with Gasteiger partial charge < -0.3 is 5.32 Å². The Morgan fingerprint density at radius 1 is 1.17 bits per heavy atom. The highest BCUT2D eigenvalue weighted by molar-refractivity contribution is 6.08. The van der Waals surface area contributed by atoms with E-state index in [4.69, 9.17) is 0 Å². The van der Waals surface area contributed by atoms with E-state index in [0.717, 1.165) is 42.0 Å². The lowest BCUT2D eigenvalue weighted by molar-refractivity contribution is -0.123. The molecule has 2 aliphatic rings. The Morgan fingerprint density at radius 3 is 2.58 bits per heavy atom. The highest BCUT2D eigenvalue weighted by atomic mass is 16.2. The molecule has 0 unspecified atom stereocenters. The van der Waals surface area contributed by atoms with Gasteiger partial charge in [0.25, 0.3) is 0 Å². The molecule has 5 nitrogen and oxygen atoms in total. The van der Waals surface area contributed by atoms with Gasteiger partial charge in [0.2, 0.25) is 5.91 Å². The molecule has 1 saturated carbocycles. The first kappa shape index (κ1) is 15.1. The third-order valence-corrected chi connectivity index (χ3v) is 5.29. The topological polar surface area (TPSA) is 58.1 Å². The summed E-state index contributed by atoms with van der Waals surface area (Å²) in [4.78, 5) is 24.1. The molecule has 2 aromatic heterocycles. The van der Waals surface area contributed by atoms with Crippen LogP contribution in [0, 0.1) is 6.92 Å². The molecule has 3 heterocycles. The molecular formula is C19H22N4O. The Kier molecular flexibility index (Phi) is 3.17. The highest BCUT2D eigenvalue weighted by Crippen LogP contribution is 2.49. The summed E-state index contributed by atoms with van der Waals surface area (Å²) in [6.07, 6.45) is 6.50. The first-order valence-electron chi connectivity index (χ1n) is 8.45. The van der Waals surface area contributed by atoms with Crippen LogP contribution < -0.4 is 10.2 Å². The summed E-state index contributed by atoms with van der Waals surface area (Å²) in [6, 6.07) is 7.92. The maximum Gasteiger partial charge on any atom is 0.240 e. The average molecular weight is 322 g/mol. The first-order chi connectivity index (χ1) is 11.4. The van der Waals surface area contributed by atoms with Crippen LogP contribution in [0.3, 0.4) is 0 Å². The number of hydrogen-bond donors (Lipinski definition) is 1. The zero-order chi connectivity index (χ0) is 16.9. The van der Waals surface area contributed by atoms with Crippen molar-refractivity contribution >= 4 is 17.5 Å². The van der Waals surface area contributed by atoms with Crippen LogP contribution in [-0.4, -0.2) is 21.5 Å². The van der Waals surface area contributed by atoms with Gasteiger partial charge in [-0.3, -0.25) is 9.69 Å². The number of hydrogen-bond acceptors (Lipinski definition) is 4. The molecule has 0 atom stereocenters. The van der Waals surface area contributed by atoms with Crippen LogP contribution in [-0.2, 0) is 10.2 Å². The average Bonchev–Trinajstić information content (AvgIpc) is 2.74. The molecule has 1 amide bonds. The van der Waals surface area contributed by atoms with Crippen molar-refractivity contribution in [2.75, 3.05) is 10.2 Å². The fourth-order valence-corrected chi connectivity index (χ4v) is 3.65. The van der Waals surface area contributed by atoms with Crippen molar-refractivity contribution in [2.24, 2.45) is 0 Å². The maximum absolute atomic E-state index is 13.2. The van der Waals surface area contributed by atoms with Gasteiger partial charge in [0.15, 0.2) is 0 Å². The van der Waals surface area contributed by atoms with Crippen LogP contribution in [0.5, 0.6) is 0 Å². The Morgan fingerprint density at radius 2 is 1.96 bits per heavy atom. The van der Waals surface area contributed by atoms with E-state index in [1.165, 1.54) is 0 Å². The lowest BCUT2D eigenvalue weighted by atomic mass is 9.82. The Bertz CT molecular complexity index is 793. The van der Waals surface area contributed by atoms with E-state index in [9.17, 15) is 4.79 Å². The van der Waals surface area contributed by atoms with Gasteiger partial charge in [-0.15, -0.1) is 0 Å². The van der Waals surface area contributed by atoms with Crippen LogP contribution in [0.1, 0.15) is 44.2 Å². The minimum Gasteiger partial charge on any atom is -0.347 e. The summed E-state index contributed by atoms with van der Waals surface area (Å²) >= 11 is 0. The molecule has 1 aliphatic heterocycles. The second kappa shape index (κ2) is 5.03. The molecule has 1 fully saturated rings. The summed E-state index contributed by atoms with van der Waals surface area (Å²) in [7, 11) is 0. The number of rotatable bonds is 3. The molecule has 2 aromatic rings. The minimum absolute atomic E-state index is 0.107. The van der Waals surface area contributed by atoms with Crippen molar-refractivity contribution in [1.29, 1.82) is 0 Å². The SMILES string of the molecule is Cc1ccc(NC2(N3C(=O)C(C)(C)c4cccnc43)CCC2)nc1. The molecule has 0 spiro atoms. The summed E-state index contributed by atoms with van der Waals surface area (Å²) in [5.41, 5.74) is 1.15. The van der Waals surface area contributed by atoms with Gasteiger partial charge in [-0.05, 0) is 57.7 Å². The minimum atomic E-state index is -0.547. The molecule has 0 bridgehead atoms. The monoisotopic (exact) mass is 322 g/mol. The summed E-state index contributed by atoms with van der Waals surface area (Å²) in [6.45, 7) is 5.97. The lowest BCUT2D eigenvalue weighted by Crippen LogP contribution is -2.62. The highest BCUT2D eigenvalue weighted by Gasteiger charge is 2.55. The number of aryl methyl sites for hydroxylation is 1. The van der Waals surface area contributed by atoms with E-state index in [1.807, 2.05) is 56.1 Å². The van der Waals surface area contributed by atoms with Gasteiger partial charge >= 0.3 is 0 Å². The number of carbonyl (C=O) groups is 1. The standard InChI is InChI=1S/C19H22N4O/c1-13-7-8-15(21-12-13)22-19(9-5-10-19)23-16-14(6-4-11-20-16)18(2,3)17(23)24/h4,6-8,11-12H,5,9-10H2,1-3H3,(H,21,22). The number of aromatic nitrogens is 2.